The van der Waals surface area contributed by atoms with Crippen molar-refractivity contribution in [1.82, 2.24) is 29.5 Å². The normalized spacial score (nSPS) is 11.1. The highest BCUT2D eigenvalue weighted by Crippen LogP contribution is 2.24. The van der Waals surface area contributed by atoms with Gasteiger partial charge in [0.25, 0.3) is 0 Å². The van der Waals surface area contributed by atoms with Crippen molar-refractivity contribution in [3.05, 3.63) is 54.4 Å². The van der Waals surface area contributed by atoms with Crippen LogP contribution in [0.5, 0.6) is 0 Å². The summed E-state index contributed by atoms with van der Waals surface area (Å²) in [5.74, 6) is 0.650. The Morgan fingerprint density at radius 1 is 1.17 bits per heavy atom. The smallest absolute Gasteiger partial charge is 0.225 e. The molecule has 0 fully saturated rings. The van der Waals surface area contributed by atoms with Crippen molar-refractivity contribution in [3.63, 3.8) is 0 Å². The van der Waals surface area contributed by atoms with Crippen LogP contribution in [0.15, 0.2) is 42.9 Å². The molecule has 0 aliphatic carbocycles. The van der Waals surface area contributed by atoms with E-state index < -0.39 is 0 Å². The van der Waals surface area contributed by atoms with Crippen LogP contribution in [0.2, 0.25) is 0 Å². The van der Waals surface area contributed by atoms with E-state index in [9.17, 15) is 9.18 Å². The van der Waals surface area contributed by atoms with Crippen LogP contribution in [-0.2, 0) is 4.79 Å². The highest BCUT2D eigenvalue weighted by molar-refractivity contribution is 5.91. The fraction of sp³-hybridized carbons (Fsp3) is 0.250. The van der Waals surface area contributed by atoms with Crippen molar-refractivity contribution in [2.45, 2.75) is 33.1 Å². The Morgan fingerprint density at radius 3 is 2.72 bits per heavy atom. The highest BCUT2D eigenvalue weighted by Gasteiger charge is 2.17. The minimum atomic E-state index is -0.323. The number of anilines is 1. The number of carbonyl (C=O) groups excluding carboxylic acids is 1. The summed E-state index contributed by atoms with van der Waals surface area (Å²) in [6.07, 6.45) is 5.26. The van der Waals surface area contributed by atoms with Gasteiger partial charge in [0.2, 0.25) is 5.91 Å². The lowest BCUT2D eigenvalue weighted by atomic mass is 10.2. The monoisotopic (exact) mass is 393 g/mol. The molecule has 1 amide bonds. The molecule has 0 saturated heterocycles. The number of aryl methyl sites for hydroxylation is 1. The van der Waals surface area contributed by atoms with Crippen LogP contribution in [0.4, 0.5) is 10.2 Å². The Balaban J connectivity index is 1.76. The third-order valence-corrected chi connectivity index (χ3v) is 4.47. The lowest BCUT2D eigenvalue weighted by molar-refractivity contribution is -0.116. The van der Waals surface area contributed by atoms with Crippen molar-refractivity contribution in [2.24, 2.45) is 0 Å². The van der Waals surface area contributed by atoms with Gasteiger partial charge in [0.05, 0.1) is 23.0 Å². The maximum atomic E-state index is 13.3. The van der Waals surface area contributed by atoms with E-state index in [4.69, 9.17) is 0 Å². The number of carbonyl (C=O) groups is 1. The zero-order chi connectivity index (χ0) is 20.4. The first-order valence-corrected chi connectivity index (χ1v) is 9.38. The Hall–Kier alpha value is -3.62. The number of nitrogens with one attached hydrogen (secondary N) is 1. The predicted octanol–water partition coefficient (Wildman–Crippen LogP) is 3.58. The number of amides is 1. The van der Waals surface area contributed by atoms with E-state index in [2.05, 4.69) is 25.5 Å². The Kier molecular flexibility index (Phi) is 5.03. The van der Waals surface area contributed by atoms with Gasteiger partial charge in [-0.1, -0.05) is 13.3 Å². The molecule has 0 aliphatic heterocycles. The molecule has 1 N–H and O–H groups in total. The predicted molar refractivity (Wildman–Crippen MR) is 107 cm³/mol. The van der Waals surface area contributed by atoms with Gasteiger partial charge in [-0.2, -0.15) is 14.9 Å². The fourth-order valence-electron chi connectivity index (χ4n) is 3.06. The summed E-state index contributed by atoms with van der Waals surface area (Å²) in [7, 11) is 0. The molecule has 0 spiro atoms. The SMILES string of the molecule is CCCCC(=O)Nc1cc(C)nn1-c1ncnc2c1cnn2-c1ccc(F)cc1. The van der Waals surface area contributed by atoms with Gasteiger partial charge in [0.15, 0.2) is 11.5 Å². The third kappa shape index (κ3) is 3.71. The topological polar surface area (TPSA) is 90.5 Å². The molecule has 0 aliphatic rings. The van der Waals surface area contributed by atoms with Crippen LogP contribution >= 0.6 is 0 Å². The highest BCUT2D eigenvalue weighted by atomic mass is 19.1. The summed E-state index contributed by atoms with van der Waals surface area (Å²) in [5.41, 5.74) is 1.97. The molecule has 9 heteroatoms. The first-order chi connectivity index (χ1) is 14.1. The van der Waals surface area contributed by atoms with Crippen LogP contribution in [0.3, 0.4) is 0 Å². The lowest BCUT2D eigenvalue weighted by Crippen LogP contribution is -2.15. The lowest BCUT2D eigenvalue weighted by Gasteiger charge is -2.09. The maximum Gasteiger partial charge on any atom is 0.225 e. The van der Waals surface area contributed by atoms with E-state index in [-0.39, 0.29) is 11.7 Å². The van der Waals surface area contributed by atoms with E-state index in [0.29, 0.717) is 34.8 Å². The van der Waals surface area contributed by atoms with Gasteiger partial charge < -0.3 is 5.32 Å². The zero-order valence-corrected chi connectivity index (χ0v) is 16.1. The number of unbranched alkanes of at least 4 members (excludes halogenated alkanes) is 1. The summed E-state index contributed by atoms with van der Waals surface area (Å²) < 4.78 is 16.4. The summed E-state index contributed by atoms with van der Waals surface area (Å²) >= 11 is 0. The van der Waals surface area contributed by atoms with Crippen LogP contribution in [0.1, 0.15) is 31.9 Å². The number of aromatic nitrogens is 6. The second kappa shape index (κ2) is 7.78. The van der Waals surface area contributed by atoms with Gasteiger partial charge in [-0.05, 0) is 37.6 Å². The van der Waals surface area contributed by atoms with Crippen molar-refractivity contribution < 1.29 is 9.18 Å². The quantitative estimate of drug-likeness (QED) is 0.541. The van der Waals surface area contributed by atoms with Crippen molar-refractivity contribution in [2.75, 3.05) is 5.32 Å². The second-order valence-corrected chi connectivity index (χ2v) is 6.70. The number of hydrogen-bond donors (Lipinski definition) is 1. The molecule has 3 heterocycles. The molecule has 29 heavy (non-hydrogen) atoms. The molecule has 4 aromatic rings. The number of fused-ring (bicyclic) bond motifs is 1. The van der Waals surface area contributed by atoms with Crippen LogP contribution < -0.4 is 5.32 Å². The first kappa shape index (κ1) is 18.7. The summed E-state index contributed by atoms with van der Waals surface area (Å²) in [6.45, 7) is 3.89. The number of halogens is 1. The summed E-state index contributed by atoms with van der Waals surface area (Å²) in [5, 5.41) is 12.4. The maximum absolute atomic E-state index is 13.3. The summed E-state index contributed by atoms with van der Waals surface area (Å²) in [4.78, 5) is 20.9. The van der Waals surface area contributed by atoms with Gasteiger partial charge in [-0.3, -0.25) is 4.79 Å². The van der Waals surface area contributed by atoms with Crippen LogP contribution in [0.25, 0.3) is 22.5 Å². The molecule has 4 rings (SSSR count). The van der Waals surface area contributed by atoms with Crippen molar-refractivity contribution in [3.8, 4) is 11.5 Å². The van der Waals surface area contributed by atoms with E-state index in [1.54, 1.807) is 33.8 Å². The van der Waals surface area contributed by atoms with Crippen LogP contribution in [0, 0.1) is 12.7 Å². The van der Waals surface area contributed by atoms with Crippen LogP contribution in [-0.4, -0.2) is 35.4 Å². The molecule has 0 saturated carbocycles. The average molecular weight is 393 g/mol. The molecule has 0 atom stereocenters. The zero-order valence-electron chi connectivity index (χ0n) is 16.1. The molecule has 0 bridgehead atoms. The fourth-order valence-corrected chi connectivity index (χ4v) is 3.06. The Labute approximate surface area is 166 Å². The van der Waals surface area contributed by atoms with Gasteiger partial charge in [0, 0.05) is 12.5 Å². The molecule has 0 radical (unpaired) electrons. The molecule has 1 aromatic carbocycles. The molecule has 148 valence electrons. The first-order valence-electron chi connectivity index (χ1n) is 9.38. The van der Waals surface area contributed by atoms with E-state index in [0.717, 1.165) is 18.5 Å². The van der Waals surface area contributed by atoms with E-state index in [1.807, 2.05) is 13.8 Å². The van der Waals surface area contributed by atoms with Gasteiger partial charge in [-0.25, -0.2) is 19.0 Å². The van der Waals surface area contributed by atoms with Gasteiger partial charge in [-0.15, -0.1) is 0 Å². The molecule has 0 unspecified atom stereocenters. The molecular formula is C20H20FN7O. The minimum Gasteiger partial charge on any atom is -0.311 e. The van der Waals surface area contributed by atoms with Gasteiger partial charge in [0.1, 0.15) is 18.0 Å². The summed E-state index contributed by atoms with van der Waals surface area (Å²) in [6, 6.07) is 7.78. The minimum absolute atomic E-state index is 0.0692. The number of nitrogens with zero attached hydrogens (tertiary/aromatic N) is 6. The number of rotatable bonds is 6. The number of hydrogen-bond acceptors (Lipinski definition) is 5. The van der Waals surface area contributed by atoms with E-state index in [1.165, 1.54) is 18.5 Å². The second-order valence-electron chi connectivity index (χ2n) is 6.70. The number of benzene rings is 1. The van der Waals surface area contributed by atoms with E-state index >= 15 is 0 Å². The molecule has 3 aromatic heterocycles. The molecular weight excluding hydrogens is 373 g/mol. The molecule has 8 nitrogen and oxygen atoms in total. The Morgan fingerprint density at radius 2 is 1.97 bits per heavy atom. The van der Waals surface area contributed by atoms with Gasteiger partial charge >= 0.3 is 0 Å². The standard InChI is InChI=1S/C20H20FN7O/c1-3-4-5-18(29)25-17-10-13(2)26-28(17)20-16-11-24-27(19(16)22-12-23-20)15-8-6-14(21)7-9-15/h6-12H,3-5H2,1-2H3,(H,25,29). The average Bonchev–Trinajstić information content (AvgIpc) is 3.30. The third-order valence-electron chi connectivity index (χ3n) is 4.47. The van der Waals surface area contributed by atoms with Crippen molar-refractivity contribution in [1.29, 1.82) is 0 Å². The Bertz CT molecular complexity index is 1160. The largest absolute Gasteiger partial charge is 0.311 e. The van der Waals surface area contributed by atoms with Crippen molar-refractivity contribution >= 4 is 22.8 Å².